The van der Waals surface area contributed by atoms with Crippen molar-refractivity contribution in [2.24, 2.45) is 29.4 Å². The molecular formula is C27H34N2O3. The summed E-state index contributed by atoms with van der Waals surface area (Å²) in [5, 5.41) is 0. The summed E-state index contributed by atoms with van der Waals surface area (Å²) in [4.78, 5) is 28.9. The van der Waals surface area contributed by atoms with Gasteiger partial charge in [-0.2, -0.15) is 0 Å². The third-order valence-corrected chi connectivity index (χ3v) is 7.32. The molecule has 2 aromatic rings. The van der Waals surface area contributed by atoms with Crippen LogP contribution in [0.4, 0.5) is 11.4 Å². The number of hydrogen-bond donors (Lipinski definition) is 1. The van der Waals surface area contributed by atoms with Crippen LogP contribution < -0.4 is 10.6 Å². The van der Waals surface area contributed by atoms with Crippen molar-refractivity contribution in [3.8, 4) is 0 Å². The van der Waals surface area contributed by atoms with Gasteiger partial charge in [-0.3, -0.25) is 14.5 Å². The Morgan fingerprint density at radius 3 is 2.03 bits per heavy atom. The highest BCUT2D eigenvalue weighted by atomic mass is 16.6. The Morgan fingerprint density at radius 2 is 1.53 bits per heavy atom. The van der Waals surface area contributed by atoms with Gasteiger partial charge in [0, 0.05) is 29.3 Å². The highest BCUT2D eigenvalue weighted by molar-refractivity contribution is 6.02. The average Bonchev–Trinajstić information content (AvgIpc) is 3.09. The first-order valence-electron chi connectivity index (χ1n) is 11.9. The fourth-order valence-electron chi connectivity index (χ4n) is 5.71. The van der Waals surface area contributed by atoms with Crippen molar-refractivity contribution >= 4 is 23.3 Å². The molecule has 0 aromatic heterocycles. The minimum absolute atomic E-state index is 0.0523. The summed E-state index contributed by atoms with van der Waals surface area (Å²) >= 11 is 0. The molecule has 5 heteroatoms. The minimum atomic E-state index is -0.297. The Morgan fingerprint density at radius 1 is 1.00 bits per heavy atom. The van der Waals surface area contributed by atoms with Gasteiger partial charge >= 0.3 is 5.97 Å². The molecule has 1 saturated heterocycles. The molecule has 5 nitrogen and oxygen atoms in total. The number of amides is 1. The van der Waals surface area contributed by atoms with E-state index in [0.717, 1.165) is 37.1 Å². The van der Waals surface area contributed by atoms with E-state index in [9.17, 15) is 9.59 Å². The van der Waals surface area contributed by atoms with E-state index in [1.165, 1.54) is 0 Å². The van der Waals surface area contributed by atoms with Crippen LogP contribution in [-0.2, 0) is 14.3 Å². The minimum Gasteiger partial charge on any atom is -0.462 e. The summed E-state index contributed by atoms with van der Waals surface area (Å²) in [5.41, 5.74) is 7.88. The lowest BCUT2D eigenvalue weighted by Crippen LogP contribution is -2.46. The topological polar surface area (TPSA) is 72.6 Å². The molecule has 0 bridgehead atoms. The van der Waals surface area contributed by atoms with E-state index >= 15 is 0 Å². The maximum atomic E-state index is 14.5. The molecular weight excluding hydrogens is 400 g/mol. The SMILES string of the molecule is CCC1C(=O)O[C@H](C)[C@H]1[C@@H](C(=O)N(c1ccccc1)c1ccccc1)[C@H]1CC[C@H](N)CC1. The van der Waals surface area contributed by atoms with Crippen LogP contribution in [0.5, 0.6) is 0 Å². The van der Waals surface area contributed by atoms with Gasteiger partial charge in [0.25, 0.3) is 0 Å². The molecule has 32 heavy (non-hydrogen) atoms. The van der Waals surface area contributed by atoms with Gasteiger partial charge in [-0.15, -0.1) is 0 Å². The highest BCUT2D eigenvalue weighted by Crippen LogP contribution is 2.45. The van der Waals surface area contributed by atoms with Crippen LogP contribution in [-0.4, -0.2) is 24.0 Å². The summed E-state index contributed by atoms with van der Waals surface area (Å²) in [6.07, 6.45) is 4.05. The van der Waals surface area contributed by atoms with E-state index in [2.05, 4.69) is 0 Å². The van der Waals surface area contributed by atoms with Gasteiger partial charge in [-0.25, -0.2) is 0 Å². The van der Waals surface area contributed by atoms with E-state index in [4.69, 9.17) is 10.5 Å². The number of para-hydroxylation sites is 2. The van der Waals surface area contributed by atoms with E-state index in [-0.39, 0.29) is 47.7 Å². The first-order chi connectivity index (χ1) is 15.5. The highest BCUT2D eigenvalue weighted by Gasteiger charge is 2.51. The molecule has 1 aliphatic heterocycles. The van der Waals surface area contributed by atoms with Crippen LogP contribution >= 0.6 is 0 Å². The van der Waals surface area contributed by atoms with Gasteiger partial charge in [-0.1, -0.05) is 43.3 Å². The van der Waals surface area contributed by atoms with E-state index in [1.54, 1.807) is 0 Å². The van der Waals surface area contributed by atoms with Gasteiger partial charge in [0.05, 0.1) is 5.92 Å². The van der Waals surface area contributed by atoms with E-state index in [0.29, 0.717) is 6.42 Å². The molecule has 2 N–H and O–H groups in total. The Kier molecular flexibility index (Phi) is 6.95. The number of ether oxygens (including phenoxy) is 1. The van der Waals surface area contributed by atoms with Crippen LogP contribution in [0.3, 0.4) is 0 Å². The van der Waals surface area contributed by atoms with Gasteiger partial charge in [0.2, 0.25) is 5.91 Å². The van der Waals surface area contributed by atoms with Crippen molar-refractivity contribution < 1.29 is 14.3 Å². The Hall–Kier alpha value is -2.66. The van der Waals surface area contributed by atoms with Crippen LogP contribution in [0, 0.1) is 23.7 Å². The van der Waals surface area contributed by atoms with Gasteiger partial charge in [0.1, 0.15) is 6.10 Å². The normalized spacial score (nSPS) is 28.7. The molecule has 1 heterocycles. The molecule has 1 saturated carbocycles. The van der Waals surface area contributed by atoms with E-state index in [1.807, 2.05) is 79.4 Å². The molecule has 1 aliphatic carbocycles. The fourth-order valence-corrected chi connectivity index (χ4v) is 5.71. The number of hydrogen-bond acceptors (Lipinski definition) is 4. The first-order valence-corrected chi connectivity index (χ1v) is 11.9. The van der Waals surface area contributed by atoms with Crippen molar-refractivity contribution in [2.45, 2.75) is 58.1 Å². The van der Waals surface area contributed by atoms with Crippen LogP contribution in [0.2, 0.25) is 0 Å². The van der Waals surface area contributed by atoms with Gasteiger partial charge in [0.15, 0.2) is 0 Å². The molecule has 2 aromatic carbocycles. The Labute approximate surface area is 190 Å². The number of benzene rings is 2. The fraction of sp³-hybridized carbons (Fsp3) is 0.481. The second-order valence-electron chi connectivity index (χ2n) is 9.28. The third kappa shape index (κ3) is 4.44. The number of nitrogens with zero attached hydrogens (tertiary/aromatic N) is 1. The molecule has 0 radical (unpaired) electrons. The monoisotopic (exact) mass is 434 g/mol. The molecule has 0 spiro atoms. The molecule has 4 atom stereocenters. The zero-order valence-electron chi connectivity index (χ0n) is 19.0. The number of carbonyl (C=O) groups excluding carboxylic acids is 2. The average molecular weight is 435 g/mol. The van der Waals surface area contributed by atoms with Crippen molar-refractivity contribution in [3.05, 3.63) is 60.7 Å². The van der Waals surface area contributed by atoms with E-state index < -0.39 is 0 Å². The maximum absolute atomic E-state index is 14.5. The van der Waals surface area contributed by atoms with Crippen molar-refractivity contribution in [1.82, 2.24) is 0 Å². The number of rotatable bonds is 6. The quantitative estimate of drug-likeness (QED) is 0.644. The number of anilines is 2. The number of carbonyl (C=O) groups is 2. The molecule has 4 rings (SSSR count). The summed E-state index contributed by atoms with van der Waals surface area (Å²) < 4.78 is 5.68. The summed E-state index contributed by atoms with van der Waals surface area (Å²) in [6, 6.07) is 19.8. The molecule has 170 valence electrons. The Balaban J connectivity index is 1.78. The van der Waals surface area contributed by atoms with Crippen molar-refractivity contribution in [3.63, 3.8) is 0 Å². The largest absolute Gasteiger partial charge is 0.462 e. The van der Waals surface area contributed by atoms with Crippen LogP contribution in [0.25, 0.3) is 0 Å². The van der Waals surface area contributed by atoms with Crippen LogP contribution in [0.1, 0.15) is 46.0 Å². The molecule has 2 aliphatic rings. The van der Waals surface area contributed by atoms with Crippen LogP contribution in [0.15, 0.2) is 60.7 Å². The van der Waals surface area contributed by atoms with Crippen molar-refractivity contribution in [2.75, 3.05) is 4.90 Å². The zero-order chi connectivity index (χ0) is 22.7. The predicted octanol–water partition coefficient (Wildman–Crippen LogP) is 5.07. The summed E-state index contributed by atoms with van der Waals surface area (Å²) in [6.45, 7) is 3.96. The number of nitrogens with two attached hydrogens (primary N) is 1. The molecule has 1 amide bonds. The second kappa shape index (κ2) is 9.86. The Bertz CT molecular complexity index is 870. The summed E-state index contributed by atoms with van der Waals surface area (Å²) in [5.74, 6) is -0.600. The van der Waals surface area contributed by atoms with Gasteiger partial charge in [-0.05, 0) is 69.2 Å². The first kappa shape index (κ1) is 22.5. The molecule has 2 fully saturated rings. The second-order valence-corrected chi connectivity index (χ2v) is 9.28. The third-order valence-electron chi connectivity index (χ3n) is 7.32. The lowest BCUT2D eigenvalue weighted by atomic mass is 9.67. The standard InChI is InChI=1S/C27H34N2O3/c1-3-23-24(18(2)32-27(23)31)25(19-14-16-20(28)17-15-19)26(30)29(21-10-6-4-7-11-21)22-12-8-5-9-13-22/h4-13,18-20,23-25H,3,14-17,28H2,1-2H3/t18-,19-,20-,23?,24-,25+/m1/s1. The van der Waals surface area contributed by atoms with Crippen molar-refractivity contribution in [1.29, 1.82) is 0 Å². The maximum Gasteiger partial charge on any atom is 0.309 e. The number of cyclic esters (lactones) is 1. The lowest BCUT2D eigenvalue weighted by molar-refractivity contribution is -0.143. The molecule has 1 unspecified atom stereocenters. The number of esters is 1. The summed E-state index contributed by atoms with van der Waals surface area (Å²) in [7, 11) is 0. The lowest BCUT2D eigenvalue weighted by Gasteiger charge is -2.39. The predicted molar refractivity (Wildman–Crippen MR) is 126 cm³/mol. The van der Waals surface area contributed by atoms with Gasteiger partial charge < -0.3 is 10.5 Å². The smallest absolute Gasteiger partial charge is 0.309 e. The zero-order valence-corrected chi connectivity index (χ0v) is 19.0.